The zero-order chi connectivity index (χ0) is 20.2. The molecule has 0 fully saturated rings. The molecule has 0 bridgehead atoms. The Morgan fingerprint density at radius 3 is 2.90 bits per heavy atom. The van der Waals surface area contributed by atoms with Gasteiger partial charge in [-0.15, -0.1) is 0 Å². The van der Waals surface area contributed by atoms with Gasteiger partial charge in [-0.3, -0.25) is 14.7 Å². The summed E-state index contributed by atoms with van der Waals surface area (Å²) in [6.45, 7) is 4.47. The quantitative estimate of drug-likeness (QED) is 0.648. The Kier molecular flexibility index (Phi) is 5.57. The number of rotatable bonds is 6. The maximum absolute atomic E-state index is 13.0. The smallest absolute Gasteiger partial charge is 0.339 e. The second-order valence-electron chi connectivity index (χ2n) is 6.98. The molecule has 3 heterocycles. The van der Waals surface area contributed by atoms with Crippen LogP contribution >= 0.6 is 0 Å². The van der Waals surface area contributed by atoms with Gasteiger partial charge in [0.25, 0.3) is 5.91 Å². The maximum Gasteiger partial charge on any atom is 0.339 e. The predicted octanol–water partition coefficient (Wildman–Crippen LogP) is 2.68. The van der Waals surface area contributed by atoms with Gasteiger partial charge in [-0.2, -0.15) is 0 Å². The molecule has 1 N–H and O–H groups in total. The molecular weight excluding hydrogens is 370 g/mol. The van der Waals surface area contributed by atoms with Crippen molar-refractivity contribution in [2.24, 2.45) is 0 Å². The van der Waals surface area contributed by atoms with Crippen LogP contribution in [0.4, 0.5) is 0 Å². The molecule has 0 unspecified atom stereocenters. The van der Waals surface area contributed by atoms with E-state index in [9.17, 15) is 9.59 Å². The molecule has 7 nitrogen and oxygen atoms in total. The normalized spacial score (nSPS) is 13.8. The number of pyridine rings is 1. The monoisotopic (exact) mass is 393 g/mol. The number of ether oxygens (including phenoxy) is 1. The number of carbonyl (C=O) groups excluding carboxylic acids is 2. The Bertz CT molecular complexity index is 1030. The number of fused-ring (bicyclic) bond motifs is 2. The third kappa shape index (κ3) is 4.14. The van der Waals surface area contributed by atoms with Crippen molar-refractivity contribution in [3.05, 3.63) is 65.2 Å². The van der Waals surface area contributed by atoms with Gasteiger partial charge in [-0.05, 0) is 24.7 Å². The number of aromatic nitrogens is 1. The van der Waals surface area contributed by atoms with Gasteiger partial charge in [-0.25, -0.2) is 4.79 Å². The highest BCUT2D eigenvalue weighted by atomic mass is 16.5. The summed E-state index contributed by atoms with van der Waals surface area (Å²) < 4.78 is 10.6. The Morgan fingerprint density at radius 2 is 2.10 bits per heavy atom. The van der Waals surface area contributed by atoms with Gasteiger partial charge in [0.2, 0.25) is 0 Å². The summed E-state index contributed by atoms with van der Waals surface area (Å²) in [7, 11) is 0. The second-order valence-corrected chi connectivity index (χ2v) is 6.98. The van der Waals surface area contributed by atoms with E-state index in [0.717, 1.165) is 41.7 Å². The minimum atomic E-state index is -0.494. The van der Waals surface area contributed by atoms with Crippen molar-refractivity contribution in [2.45, 2.75) is 26.4 Å². The summed E-state index contributed by atoms with van der Waals surface area (Å²) in [6, 6.07) is 11.1. The van der Waals surface area contributed by atoms with Crippen molar-refractivity contribution in [1.29, 1.82) is 0 Å². The van der Waals surface area contributed by atoms with Crippen LogP contribution in [0.3, 0.4) is 0 Å². The molecule has 29 heavy (non-hydrogen) atoms. The Labute approximate surface area is 168 Å². The zero-order valence-corrected chi connectivity index (χ0v) is 16.3. The third-order valence-electron chi connectivity index (χ3n) is 5.15. The van der Waals surface area contributed by atoms with E-state index >= 15 is 0 Å². The number of para-hydroxylation sites is 1. The average Bonchev–Trinajstić information content (AvgIpc) is 3.27. The van der Waals surface area contributed by atoms with E-state index in [1.54, 1.807) is 18.4 Å². The van der Waals surface area contributed by atoms with Gasteiger partial charge in [0.1, 0.15) is 5.76 Å². The first-order valence-electron chi connectivity index (χ1n) is 9.74. The van der Waals surface area contributed by atoms with Crippen LogP contribution in [0.15, 0.2) is 47.1 Å². The van der Waals surface area contributed by atoms with E-state index in [1.165, 1.54) is 0 Å². The number of hydrogen-bond donors (Lipinski definition) is 1. The lowest BCUT2D eigenvalue weighted by molar-refractivity contribution is -0.124. The molecule has 0 aliphatic carbocycles. The number of amides is 1. The summed E-state index contributed by atoms with van der Waals surface area (Å²) in [5.41, 5.74) is 3.12. The van der Waals surface area contributed by atoms with E-state index in [4.69, 9.17) is 14.1 Å². The molecule has 0 saturated carbocycles. The first kappa shape index (κ1) is 19.1. The SMILES string of the molecule is CCN1CCc2nc3ccccc3c(C(=O)OCC(=O)NCc3ccco3)c2C1. The van der Waals surface area contributed by atoms with Crippen LogP contribution in [-0.4, -0.2) is 41.5 Å². The summed E-state index contributed by atoms with van der Waals surface area (Å²) in [4.78, 5) is 32.1. The van der Waals surface area contributed by atoms with Crippen molar-refractivity contribution < 1.29 is 18.7 Å². The Balaban J connectivity index is 1.54. The number of furan rings is 1. The summed E-state index contributed by atoms with van der Waals surface area (Å²) in [5.74, 6) is -0.235. The van der Waals surface area contributed by atoms with Gasteiger partial charge < -0.3 is 14.5 Å². The molecule has 2 aromatic heterocycles. The minimum Gasteiger partial charge on any atom is -0.467 e. The van der Waals surface area contributed by atoms with Gasteiger partial charge in [0, 0.05) is 36.2 Å². The fourth-order valence-corrected chi connectivity index (χ4v) is 3.60. The molecule has 1 aromatic carbocycles. The van der Waals surface area contributed by atoms with Gasteiger partial charge in [0.05, 0.1) is 23.9 Å². The lowest BCUT2D eigenvalue weighted by atomic mass is 9.96. The first-order valence-corrected chi connectivity index (χ1v) is 9.74. The molecule has 150 valence electrons. The molecule has 0 radical (unpaired) electrons. The van der Waals surface area contributed by atoms with E-state index in [-0.39, 0.29) is 19.1 Å². The van der Waals surface area contributed by atoms with Crippen LogP contribution in [0.1, 0.15) is 34.3 Å². The van der Waals surface area contributed by atoms with Gasteiger partial charge in [-0.1, -0.05) is 25.1 Å². The molecule has 1 aliphatic heterocycles. The maximum atomic E-state index is 13.0. The molecule has 0 atom stereocenters. The van der Waals surface area contributed by atoms with Crippen LogP contribution in [0.5, 0.6) is 0 Å². The van der Waals surface area contributed by atoms with Gasteiger partial charge in [0.15, 0.2) is 6.61 Å². The minimum absolute atomic E-state index is 0.252. The molecule has 4 rings (SSSR count). The van der Waals surface area contributed by atoms with Crippen LogP contribution in [0, 0.1) is 0 Å². The second kappa shape index (κ2) is 8.45. The van der Waals surface area contributed by atoms with Crippen LogP contribution in [0.25, 0.3) is 10.9 Å². The lowest BCUT2D eigenvalue weighted by Gasteiger charge is -2.28. The van der Waals surface area contributed by atoms with Crippen LogP contribution in [0.2, 0.25) is 0 Å². The summed E-state index contributed by atoms with van der Waals surface area (Å²) >= 11 is 0. The van der Waals surface area contributed by atoms with Crippen LogP contribution < -0.4 is 5.32 Å². The highest BCUT2D eigenvalue weighted by Crippen LogP contribution is 2.28. The summed E-state index contributed by atoms with van der Waals surface area (Å²) in [6.07, 6.45) is 2.33. The Hall–Kier alpha value is -3.19. The van der Waals surface area contributed by atoms with Crippen molar-refractivity contribution >= 4 is 22.8 Å². The molecule has 1 aliphatic rings. The van der Waals surface area contributed by atoms with Crippen molar-refractivity contribution in [2.75, 3.05) is 19.7 Å². The number of hydrogen-bond acceptors (Lipinski definition) is 6. The number of likely N-dealkylation sites (N-methyl/N-ethyl adjacent to an activating group) is 1. The fourth-order valence-electron chi connectivity index (χ4n) is 3.60. The number of esters is 1. The molecule has 3 aromatic rings. The standard InChI is InChI=1S/C22H23N3O4/c1-2-25-10-9-19-17(13-25)21(16-7-3-4-8-18(16)24-19)22(27)29-14-20(26)23-12-15-6-5-11-28-15/h3-8,11H,2,9-10,12-14H2,1H3,(H,23,26). The highest BCUT2D eigenvalue weighted by molar-refractivity contribution is 6.05. The average molecular weight is 393 g/mol. The molecule has 7 heteroatoms. The lowest BCUT2D eigenvalue weighted by Crippen LogP contribution is -2.33. The number of benzene rings is 1. The Morgan fingerprint density at radius 1 is 1.24 bits per heavy atom. The fraction of sp³-hybridized carbons (Fsp3) is 0.318. The highest BCUT2D eigenvalue weighted by Gasteiger charge is 2.26. The molecule has 0 saturated heterocycles. The third-order valence-corrected chi connectivity index (χ3v) is 5.15. The zero-order valence-electron chi connectivity index (χ0n) is 16.3. The molecule has 0 spiro atoms. The number of nitrogens with zero attached hydrogens (tertiary/aromatic N) is 2. The molecular formula is C22H23N3O4. The van der Waals surface area contributed by atoms with Crippen molar-refractivity contribution in [1.82, 2.24) is 15.2 Å². The van der Waals surface area contributed by atoms with E-state index in [1.807, 2.05) is 24.3 Å². The topological polar surface area (TPSA) is 84.7 Å². The van der Waals surface area contributed by atoms with E-state index in [2.05, 4.69) is 17.1 Å². The largest absolute Gasteiger partial charge is 0.467 e. The van der Waals surface area contributed by atoms with Crippen molar-refractivity contribution in [3.63, 3.8) is 0 Å². The molecule has 1 amide bonds. The number of carbonyl (C=O) groups is 2. The van der Waals surface area contributed by atoms with Gasteiger partial charge >= 0.3 is 5.97 Å². The van der Waals surface area contributed by atoms with E-state index < -0.39 is 5.97 Å². The first-order chi connectivity index (χ1) is 14.2. The predicted molar refractivity (Wildman–Crippen MR) is 107 cm³/mol. The van der Waals surface area contributed by atoms with Crippen LogP contribution in [-0.2, 0) is 29.0 Å². The number of nitrogens with one attached hydrogen (secondary N) is 1. The summed E-state index contributed by atoms with van der Waals surface area (Å²) in [5, 5.41) is 3.43. The van der Waals surface area contributed by atoms with Crippen molar-refractivity contribution in [3.8, 4) is 0 Å². The van der Waals surface area contributed by atoms with E-state index in [0.29, 0.717) is 17.9 Å².